The highest BCUT2D eigenvalue weighted by Gasteiger charge is 2.01. The summed E-state index contributed by atoms with van der Waals surface area (Å²) in [5.74, 6) is 0.568. The maximum absolute atomic E-state index is 10.6. The molecule has 11 heavy (non-hydrogen) atoms. The van der Waals surface area contributed by atoms with Gasteiger partial charge in [-0.25, -0.2) is 0 Å². The van der Waals surface area contributed by atoms with Gasteiger partial charge in [0.1, 0.15) is 5.82 Å². The second-order valence-electron chi connectivity index (χ2n) is 2.60. The Morgan fingerprint density at radius 3 is 2.82 bits per heavy atom. The minimum Gasteiger partial charge on any atom is -0.382 e. The minimum atomic E-state index is 0.0764. The summed E-state index contributed by atoms with van der Waals surface area (Å²) in [6.45, 7) is 3.68. The summed E-state index contributed by atoms with van der Waals surface area (Å²) in [6.07, 6.45) is 1.76. The molecule has 0 aromatic carbocycles. The van der Waals surface area contributed by atoms with Crippen molar-refractivity contribution in [1.29, 1.82) is 0 Å². The molecule has 1 aromatic rings. The molecule has 0 bridgehead atoms. The van der Waals surface area contributed by atoms with E-state index in [0.717, 1.165) is 5.56 Å². The monoisotopic (exact) mass is 153 g/mol. The SMILES string of the molecule is CC(=O)Cn1cc(C)c(N)n1. The van der Waals surface area contributed by atoms with Gasteiger partial charge in [0.2, 0.25) is 0 Å². The number of nitrogens with two attached hydrogens (primary N) is 1. The van der Waals surface area contributed by atoms with E-state index in [2.05, 4.69) is 5.10 Å². The molecule has 0 unspecified atom stereocenters. The quantitative estimate of drug-likeness (QED) is 0.667. The van der Waals surface area contributed by atoms with Crippen molar-refractivity contribution >= 4 is 11.6 Å². The normalized spacial score (nSPS) is 10.0. The molecule has 0 saturated heterocycles. The fourth-order valence-corrected chi connectivity index (χ4v) is 0.845. The predicted octanol–water partition coefficient (Wildman–Crippen LogP) is 0.363. The highest BCUT2D eigenvalue weighted by Crippen LogP contribution is 2.05. The lowest BCUT2D eigenvalue weighted by molar-refractivity contribution is -0.117. The van der Waals surface area contributed by atoms with Crippen LogP contribution in [-0.4, -0.2) is 15.6 Å². The third kappa shape index (κ3) is 1.80. The number of hydrogen-bond donors (Lipinski definition) is 1. The highest BCUT2D eigenvalue weighted by molar-refractivity contribution is 5.75. The first-order chi connectivity index (χ1) is 5.09. The van der Waals surface area contributed by atoms with E-state index in [4.69, 9.17) is 5.73 Å². The fraction of sp³-hybridized carbons (Fsp3) is 0.429. The number of anilines is 1. The molecule has 0 saturated carbocycles. The highest BCUT2D eigenvalue weighted by atomic mass is 16.1. The number of rotatable bonds is 2. The lowest BCUT2D eigenvalue weighted by Gasteiger charge is -1.93. The first-order valence-electron chi connectivity index (χ1n) is 3.38. The Morgan fingerprint density at radius 1 is 1.82 bits per heavy atom. The molecule has 0 aliphatic carbocycles. The number of aromatic nitrogens is 2. The molecule has 0 radical (unpaired) electrons. The van der Waals surface area contributed by atoms with E-state index >= 15 is 0 Å². The van der Waals surface area contributed by atoms with E-state index in [1.54, 1.807) is 10.9 Å². The summed E-state index contributed by atoms with van der Waals surface area (Å²) in [4.78, 5) is 10.6. The number of carbonyl (C=O) groups is 1. The van der Waals surface area contributed by atoms with Gasteiger partial charge in [-0.15, -0.1) is 0 Å². The lowest BCUT2D eigenvalue weighted by atomic mass is 10.4. The Hall–Kier alpha value is -1.32. The second-order valence-corrected chi connectivity index (χ2v) is 2.60. The van der Waals surface area contributed by atoms with Crippen molar-refractivity contribution in [3.8, 4) is 0 Å². The van der Waals surface area contributed by atoms with Crippen LogP contribution in [0, 0.1) is 6.92 Å². The van der Waals surface area contributed by atoms with Crippen LogP contribution in [0.2, 0.25) is 0 Å². The number of ketones is 1. The number of aryl methyl sites for hydroxylation is 1. The van der Waals surface area contributed by atoms with E-state index in [-0.39, 0.29) is 5.78 Å². The number of nitrogen functional groups attached to an aromatic ring is 1. The molecule has 4 nitrogen and oxygen atoms in total. The second kappa shape index (κ2) is 2.74. The predicted molar refractivity (Wildman–Crippen MR) is 42.1 cm³/mol. The molecule has 0 spiro atoms. The molecule has 1 heterocycles. The largest absolute Gasteiger partial charge is 0.382 e. The van der Waals surface area contributed by atoms with Crippen LogP contribution in [0.3, 0.4) is 0 Å². The molecular weight excluding hydrogens is 142 g/mol. The third-order valence-electron chi connectivity index (χ3n) is 1.37. The van der Waals surface area contributed by atoms with Crippen molar-refractivity contribution in [2.45, 2.75) is 20.4 Å². The molecule has 0 fully saturated rings. The fourth-order valence-electron chi connectivity index (χ4n) is 0.845. The first kappa shape index (κ1) is 7.78. The summed E-state index contributed by atoms with van der Waals surface area (Å²) in [5, 5.41) is 3.92. The molecule has 1 aromatic heterocycles. The van der Waals surface area contributed by atoms with Gasteiger partial charge in [-0.3, -0.25) is 9.48 Å². The average Bonchev–Trinajstić information content (AvgIpc) is 2.10. The Balaban J connectivity index is 2.81. The van der Waals surface area contributed by atoms with E-state index in [1.807, 2.05) is 6.92 Å². The van der Waals surface area contributed by atoms with Crippen molar-refractivity contribution in [2.75, 3.05) is 5.73 Å². The van der Waals surface area contributed by atoms with E-state index < -0.39 is 0 Å². The van der Waals surface area contributed by atoms with Crippen molar-refractivity contribution in [1.82, 2.24) is 9.78 Å². The van der Waals surface area contributed by atoms with Gasteiger partial charge in [0.15, 0.2) is 5.78 Å². The van der Waals surface area contributed by atoms with Crippen LogP contribution in [0.4, 0.5) is 5.82 Å². The summed E-state index contributed by atoms with van der Waals surface area (Å²) >= 11 is 0. The molecule has 4 heteroatoms. The van der Waals surface area contributed by atoms with Gasteiger partial charge in [-0.2, -0.15) is 5.10 Å². The zero-order valence-corrected chi connectivity index (χ0v) is 6.66. The number of carbonyl (C=O) groups excluding carboxylic acids is 1. The van der Waals surface area contributed by atoms with Gasteiger partial charge in [0.05, 0.1) is 6.54 Å². The lowest BCUT2D eigenvalue weighted by Crippen LogP contribution is -2.06. The molecule has 0 aliphatic heterocycles. The van der Waals surface area contributed by atoms with Gasteiger partial charge in [-0.05, 0) is 13.8 Å². The number of nitrogens with zero attached hydrogens (tertiary/aromatic N) is 2. The van der Waals surface area contributed by atoms with E-state index in [1.165, 1.54) is 6.92 Å². The van der Waals surface area contributed by atoms with Crippen LogP contribution in [0.1, 0.15) is 12.5 Å². The molecular formula is C7H11N3O. The molecule has 1 rings (SSSR count). The summed E-state index contributed by atoms with van der Waals surface area (Å²) in [5.41, 5.74) is 6.38. The van der Waals surface area contributed by atoms with Gasteiger partial charge >= 0.3 is 0 Å². The molecule has 60 valence electrons. The zero-order chi connectivity index (χ0) is 8.43. The van der Waals surface area contributed by atoms with Gasteiger partial charge < -0.3 is 5.73 Å². The van der Waals surface area contributed by atoms with E-state index in [0.29, 0.717) is 12.4 Å². The van der Waals surface area contributed by atoms with Crippen molar-refractivity contribution in [3.63, 3.8) is 0 Å². The zero-order valence-electron chi connectivity index (χ0n) is 6.66. The molecule has 0 amide bonds. The Labute approximate surface area is 65.0 Å². The molecule has 0 atom stereocenters. The minimum absolute atomic E-state index is 0.0764. The van der Waals surface area contributed by atoms with Crippen LogP contribution in [-0.2, 0) is 11.3 Å². The summed E-state index contributed by atoms with van der Waals surface area (Å²) in [6, 6.07) is 0. The summed E-state index contributed by atoms with van der Waals surface area (Å²) < 4.78 is 1.55. The van der Waals surface area contributed by atoms with Crippen LogP contribution < -0.4 is 5.73 Å². The maximum atomic E-state index is 10.6. The van der Waals surface area contributed by atoms with Crippen molar-refractivity contribution in [3.05, 3.63) is 11.8 Å². The Kier molecular flexibility index (Phi) is 1.94. The Bertz CT molecular complexity index is 258. The average molecular weight is 153 g/mol. The summed E-state index contributed by atoms with van der Waals surface area (Å²) in [7, 11) is 0. The van der Waals surface area contributed by atoms with Crippen LogP contribution in [0.5, 0.6) is 0 Å². The van der Waals surface area contributed by atoms with Gasteiger partial charge in [-0.1, -0.05) is 0 Å². The van der Waals surface area contributed by atoms with E-state index in [9.17, 15) is 4.79 Å². The van der Waals surface area contributed by atoms with Gasteiger partial charge in [0, 0.05) is 11.8 Å². The topological polar surface area (TPSA) is 60.9 Å². The van der Waals surface area contributed by atoms with Crippen LogP contribution in [0.15, 0.2) is 6.20 Å². The Morgan fingerprint density at radius 2 is 2.45 bits per heavy atom. The van der Waals surface area contributed by atoms with Gasteiger partial charge in [0.25, 0.3) is 0 Å². The first-order valence-corrected chi connectivity index (χ1v) is 3.38. The van der Waals surface area contributed by atoms with Crippen molar-refractivity contribution in [2.24, 2.45) is 0 Å². The van der Waals surface area contributed by atoms with Crippen LogP contribution >= 0.6 is 0 Å². The number of Topliss-reactive ketones (excluding diaryl/α,β-unsaturated/α-hetero) is 1. The standard InChI is InChI=1S/C7H11N3O/c1-5-3-10(4-6(2)11)9-7(5)8/h3H,4H2,1-2H3,(H2,8,9). The number of hydrogen-bond acceptors (Lipinski definition) is 3. The van der Waals surface area contributed by atoms with Crippen LogP contribution in [0.25, 0.3) is 0 Å². The van der Waals surface area contributed by atoms with Crippen molar-refractivity contribution < 1.29 is 4.79 Å². The maximum Gasteiger partial charge on any atom is 0.151 e. The smallest absolute Gasteiger partial charge is 0.151 e. The molecule has 0 aliphatic rings. The third-order valence-corrected chi connectivity index (χ3v) is 1.37. The molecule has 2 N–H and O–H groups in total.